The number of anilines is 3. The standard InChI is InChI=1S/C22H16BrN3O4S/c23-14-9-10-18-16(11-14)15-5-1-4-8-20(15)31(29,30)26(18)13-22(28)25-12-21(27)24-17-6-2-3-7-19(17)25/h1-11H,12-13H2,(H,24,27). The molecule has 31 heavy (non-hydrogen) atoms. The number of rotatable bonds is 2. The van der Waals surface area contributed by atoms with E-state index in [9.17, 15) is 18.0 Å². The van der Waals surface area contributed by atoms with Gasteiger partial charge >= 0.3 is 0 Å². The fourth-order valence-electron chi connectivity index (χ4n) is 3.94. The number of fused-ring (bicyclic) bond motifs is 4. The van der Waals surface area contributed by atoms with Crippen molar-refractivity contribution in [3.8, 4) is 11.1 Å². The van der Waals surface area contributed by atoms with Crippen LogP contribution in [0.2, 0.25) is 0 Å². The predicted molar refractivity (Wildman–Crippen MR) is 122 cm³/mol. The molecule has 0 unspecified atom stereocenters. The summed E-state index contributed by atoms with van der Waals surface area (Å²) in [7, 11) is -3.96. The van der Waals surface area contributed by atoms with E-state index in [2.05, 4.69) is 21.2 Å². The number of para-hydroxylation sites is 2. The smallest absolute Gasteiger partial charge is 0.265 e. The fraction of sp³-hybridized carbons (Fsp3) is 0.0909. The van der Waals surface area contributed by atoms with Crippen LogP contribution in [0, 0.1) is 0 Å². The first-order chi connectivity index (χ1) is 14.9. The van der Waals surface area contributed by atoms with Gasteiger partial charge in [-0.05, 0) is 36.4 Å². The molecule has 0 aromatic heterocycles. The van der Waals surface area contributed by atoms with Crippen LogP contribution in [-0.2, 0) is 19.6 Å². The molecule has 2 amide bonds. The summed E-state index contributed by atoms with van der Waals surface area (Å²) in [4.78, 5) is 26.9. The third-order valence-electron chi connectivity index (χ3n) is 5.32. The number of carbonyl (C=O) groups excluding carboxylic acids is 2. The number of nitrogens with one attached hydrogen (secondary N) is 1. The minimum Gasteiger partial charge on any atom is -0.323 e. The minimum absolute atomic E-state index is 0.144. The Morgan fingerprint density at radius 3 is 2.55 bits per heavy atom. The Balaban J connectivity index is 1.59. The highest BCUT2D eigenvalue weighted by molar-refractivity contribution is 9.10. The van der Waals surface area contributed by atoms with E-state index in [1.807, 2.05) is 6.07 Å². The lowest BCUT2D eigenvalue weighted by Crippen LogP contribution is -2.48. The van der Waals surface area contributed by atoms with E-state index < -0.39 is 22.5 Å². The Bertz CT molecular complexity index is 1360. The summed E-state index contributed by atoms with van der Waals surface area (Å²) in [5.74, 6) is -0.817. The second kappa shape index (κ2) is 7.21. The molecule has 0 fully saturated rings. The van der Waals surface area contributed by atoms with Crippen LogP contribution in [0.25, 0.3) is 11.1 Å². The fourth-order valence-corrected chi connectivity index (χ4v) is 5.94. The highest BCUT2D eigenvalue weighted by Gasteiger charge is 2.38. The number of hydrogen-bond acceptors (Lipinski definition) is 4. The second-order valence-electron chi connectivity index (χ2n) is 7.21. The lowest BCUT2D eigenvalue weighted by atomic mass is 10.0. The molecule has 7 nitrogen and oxygen atoms in total. The molecule has 2 heterocycles. The largest absolute Gasteiger partial charge is 0.323 e. The van der Waals surface area contributed by atoms with Crippen LogP contribution in [-0.4, -0.2) is 33.3 Å². The molecule has 0 saturated carbocycles. The number of carbonyl (C=O) groups is 2. The summed E-state index contributed by atoms with van der Waals surface area (Å²) >= 11 is 3.44. The van der Waals surface area contributed by atoms with Crippen molar-refractivity contribution in [2.24, 2.45) is 0 Å². The van der Waals surface area contributed by atoms with Gasteiger partial charge in [0.2, 0.25) is 11.8 Å². The summed E-state index contributed by atoms with van der Waals surface area (Å²) in [6.45, 7) is -0.597. The monoisotopic (exact) mass is 497 g/mol. The Labute approximate surface area is 187 Å². The molecular formula is C22H16BrN3O4S. The van der Waals surface area contributed by atoms with Crippen LogP contribution in [0.3, 0.4) is 0 Å². The van der Waals surface area contributed by atoms with Crippen LogP contribution in [0.15, 0.2) is 76.1 Å². The summed E-state index contributed by atoms with van der Waals surface area (Å²) in [6, 6.07) is 18.9. The number of nitrogens with zero attached hydrogens (tertiary/aromatic N) is 2. The molecular weight excluding hydrogens is 482 g/mol. The van der Waals surface area contributed by atoms with Gasteiger partial charge in [-0.1, -0.05) is 46.3 Å². The Morgan fingerprint density at radius 2 is 1.71 bits per heavy atom. The first-order valence-corrected chi connectivity index (χ1v) is 11.7. The molecule has 9 heteroatoms. The zero-order valence-corrected chi connectivity index (χ0v) is 18.5. The van der Waals surface area contributed by atoms with Crippen molar-refractivity contribution in [3.63, 3.8) is 0 Å². The molecule has 3 aromatic rings. The number of benzene rings is 3. The van der Waals surface area contributed by atoms with E-state index >= 15 is 0 Å². The number of hydrogen-bond donors (Lipinski definition) is 1. The van der Waals surface area contributed by atoms with Crippen molar-refractivity contribution in [3.05, 3.63) is 71.2 Å². The van der Waals surface area contributed by atoms with Crippen molar-refractivity contribution in [1.82, 2.24) is 0 Å². The van der Waals surface area contributed by atoms with Gasteiger partial charge in [0, 0.05) is 15.6 Å². The molecule has 0 radical (unpaired) electrons. The second-order valence-corrected chi connectivity index (χ2v) is 9.96. The average Bonchev–Trinajstić information content (AvgIpc) is 2.76. The van der Waals surface area contributed by atoms with E-state index in [1.165, 1.54) is 11.0 Å². The van der Waals surface area contributed by atoms with E-state index in [4.69, 9.17) is 0 Å². The van der Waals surface area contributed by atoms with Crippen molar-refractivity contribution in [2.75, 3.05) is 27.6 Å². The predicted octanol–water partition coefficient (Wildman–Crippen LogP) is 3.61. The molecule has 0 saturated heterocycles. The van der Waals surface area contributed by atoms with E-state index in [1.54, 1.807) is 54.6 Å². The maximum absolute atomic E-state index is 13.4. The van der Waals surface area contributed by atoms with Crippen molar-refractivity contribution in [1.29, 1.82) is 0 Å². The summed E-state index contributed by atoms with van der Waals surface area (Å²) < 4.78 is 28.8. The molecule has 0 spiro atoms. The highest BCUT2D eigenvalue weighted by atomic mass is 79.9. The lowest BCUT2D eigenvalue weighted by Gasteiger charge is -2.34. The van der Waals surface area contributed by atoms with Gasteiger partial charge in [-0.25, -0.2) is 8.42 Å². The maximum Gasteiger partial charge on any atom is 0.265 e. The van der Waals surface area contributed by atoms with Crippen molar-refractivity contribution < 1.29 is 18.0 Å². The van der Waals surface area contributed by atoms with Crippen LogP contribution in [0.4, 0.5) is 17.1 Å². The molecule has 156 valence electrons. The van der Waals surface area contributed by atoms with Crippen LogP contribution >= 0.6 is 15.9 Å². The van der Waals surface area contributed by atoms with Gasteiger partial charge in [0.25, 0.3) is 10.0 Å². The normalized spacial score (nSPS) is 16.1. The van der Waals surface area contributed by atoms with Crippen LogP contribution in [0.1, 0.15) is 0 Å². The van der Waals surface area contributed by atoms with Crippen LogP contribution in [0.5, 0.6) is 0 Å². The van der Waals surface area contributed by atoms with Crippen LogP contribution < -0.4 is 14.5 Å². The van der Waals surface area contributed by atoms with Gasteiger partial charge < -0.3 is 5.32 Å². The maximum atomic E-state index is 13.4. The quantitative estimate of drug-likeness (QED) is 0.585. The third-order valence-corrected chi connectivity index (χ3v) is 7.63. The molecule has 1 N–H and O–H groups in total. The zero-order valence-electron chi connectivity index (χ0n) is 16.1. The molecule has 3 aromatic carbocycles. The molecule has 5 rings (SSSR count). The Morgan fingerprint density at radius 1 is 0.968 bits per heavy atom. The van der Waals surface area contributed by atoms with Crippen molar-refractivity contribution in [2.45, 2.75) is 4.90 Å². The van der Waals surface area contributed by atoms with E-state index in [0.717, 1.165) is 8.78 Å². The number of halogens is 1. The molecule has 2 aliphatic rings. The summed E-state index contributed by atoms with van der Waals surface area (Å²) in [5.41, 5.74) is 2.78. The highest BCUT2D eigenvalue weighted by Crippen LogP contribution is 2.44. The van der Waals surface area contributed by atoms with Gasteiger partial charge in [-0.15, -0.1) is 0 Å². The summed E-state index contributed by atoms with van der Waals surface area (Å²) in [6.07, 6.45) is 0. The van der Waals surface area contributed by atoms with E-state index in [-0.39, 0.29) is 17.3 Å². The number of sulfonamides is 1. The zero-order chi connectivity index (χ0) is 21.8. The van der Waals surface area contributed by atoms with Gasteiger partial charge in [0.05, 0.1) is 22.0 Å². The SMILES string of the molecule is O=C1CN(C(=O)CN2c3ccc(Br)cc3-c3ccccc3S2(=O)=O)c2ccccc2N1. The molecule has 0 aliphatic carbocycles. The number of amides is 2. The Hall–Kier alpha value is -3.17. The minimum atomic E-state index is -3.96. The third kappa shape index (κ3) is 3.21. The van der Waals surface area contributed by atoms with E-state index in [0.29, 0.717) is 28.2 Å². The molecule has 0 bridgehead atoms. The molecule has 2 aliphatic heterocycles. The van der Waals surface area contributed by atoms with Gasteiger partial charge in [0.1, 0.15) is 13.1 Å². The van der Waals surface area contributed by atoms with Gasteiger partial charge in [-0.3, -0.25) is 18.8 Å². The first-order valence-electron chi connectivity index (χ1n) is 9.47. The first kappa shape index (κ1) is 19.8. The van der Waals surface area contributed by atoms with Gasteiger partial charge in [-0.2, -0.15) is 0 Å². The lowest BCUT2D eigenvalue weighted by molar-refractivity contribution is -0.121. The summed E-state index contributed by atoms with van der Waals surface area (Å²) in [5, 5.41) is 2.73. The average molecular weight is 498 g/mol. The van der Waals surface area contributed by atoms with Crippen molar-refractivity contribution >= 4 is 54.8 Å². The van der Waals surface area contributed by atoms with Gasteiger partial charge in [0.15, 0.2) is 0 Å². The Kier molecular flexibility index (Phi) is 4.60. The molecule has 0 atom stereocenters. The topological polar surface area (TPSA) is 86.8 Å².